The first-order chi connectivity index (χ1) is 17.5. The van der Waals surface area contributed by atoms with Gasteiger partial charge in [-0.3, -0.25) is 4.79 Å². The summed E-state index contributed by atoms with van der Waals surface area (Å²) in [4.78, 5) is 16.0. The Bertz CT molecular complexity index is 982. The SMILES string of the molecule is CN(C)CCOC(=O)[C@]12CCC(C)(C)C[C@H]1C1=CC[C@H]3[C@]4(C)CC[C@@H](O)C(C)(C)[C@@H]4CC[C@]3(C)[C@@]1(C)CC2. The highest BCUT2D eigenvalue weighted by molar-refractivity contribution is 5.78. The first-order valence-corrected chi connectivity index (χ1v) is 15.7. The lowest BCUT2D eigenvalue weighted by Gasteiger charge is -2.71. The van der Waals surface area contributed by atoms with Gasteiger partial charge in [-0.2, -0.15) is 0 Å². The molecular formula is C34H57NO3. The number of fused-ring (bicyclic) bond motifs is 7. The zero-order chi connectivity index (χ0) is 27.9. The van der Waals surface area contributed by atoms with Gasteiger partial charge in [0.1, 0.15) is 6.61 Å². The molecule has 0 unspecified atom stereocenters. The fourth-order valence-electron chi connectivity index (χ4n) is 11.1. The number of allylic oxidation sites excluding steroid dienone is 2. The van der Waals surface area contributed by atoms with Crippen LogP contribution in [0.2, 0.25) is 0 Å². The normalized spacial score (nSPS) is 47.2. The van der Waals surface area contributed by atoms with Crippen LogP contribution >= 0.6 is 0 Å². The molecule has 8 atom stereocenters. The van der Waals surface area contributed by atoms with Crippen LogP contribution in [0.25, 0.3) is 0 Å². The van der Waals surface area contributed by atoms with E-state index in [-0.39, 0.29) is 44.6 Å². The van der Waals surface area contributed by atoms with Crippen LogP contribution in [0.1, 0.15) is 113 Å². The van der Waals surface area contributed by atoms with Crippen LogP contribution in [-0.4, -0.2) is 49.3 Å². The summed E-state index contributed by atoms with van der Waals surface area (Å²) in [6, 6.07) is 0. The highest BCUT2D eigenvalue weighted by Crippen LogP contribution is 2.75. The van der Waals surface area contributed by atoms with Crippen LogP contribution in [0, 0.1) is 50.2 Å². The molecule has 4 heteroatoms. The lowest BCUT2D eigenvalue weighted by atomic mass is 9.33. The lowest BCUT2D eigenvalue weighted by molar-refractivity contribution is -0.206. The molecule has 5 rings (SSSR count). The molecule has 0 aromatic heterocycles. The van der Waals surface area contributed by atoms with E-state index in [1.54, 1.807) is 5.57 Å². The minimum atomic E-state index is -0.353. The summed E-state index contributed by atoms with van der Waals surface area (Å²) in [6.45, 7) is 18.5. The zero-order valence-corrected chi connectivity index (χ0v) is 26.1. The molecule has 5 aliphatic carbocycles. The maximum Gasteiger partial charge on any atom is 0.312 e. The van der Waals surface area contributed by atoms with Crippen LogP contribution in [0.5, 0.6) is 0 Å². The van der Waals surface area contributed by atoms with E-state index in [2.05, 4.69) is 59.4 Å². The summed E-state index contributed by atoms with van der Waals surface area (Å²) in [5.74, 6) is 1.57. The molecule has 4 fully saturated rings. The summed E-state index contributed by atoms with van der Waals surface area (Å²) in [7, 11) is 4.08. The van der Waals surface area contributed by atoms with E-state index < -0.39 is 0 Å². The Labute approximate surface area is 233 Å². The number of esters is 1. The van der Waals surface area contributed by atoms with Crippen molar-refractivity contribution in [3.05, 3.63) is 11.6 Å². The first-order valence-electron chi connectivity index (χ1n) is 15.7. The van der Waals surface area contributed by atoms with Gasteiger partial charge in [-0.25, -0.2) is 0 Å². The van der Waals surface area contributed by atoms with Crippen molar-refractivity contribution in [1.82, 2.24) is 4.90 Å². The van der Waals surface area contributed by atoms with Gasteiger partial charge in [0.05, 0.1) is 11.5 Å². The third-order valence-electron chi connectivity index (χ3n) is 13.8. The molecule has 38 heavy (non-hydrogen) atoms. The van der Waals surface area contributed by atoms with Gasteiger partial charge in [-0.15, -0.1) is 0 Å². The third-order valence-corrected chi connectivity index (χ3v) is 13.8. The van der Waals surface area contributed by atoms with Gasteiger partial charge in [-0.05, 0) is 123 Å². The molecule has 0 aromatic rings. The predicted octanol–water partition coefficient (Wildman–Crippen LogP) is 7.25. The van der Waals surface area contributed by atoms with E-state index in [9.17, 15) is 9.90 Å². The lowest BCUT2D eigenvalue weighted by Crippen LogP contribution is -2.65. The summed E-state index contributed by atoms with van der Waals surface area (Å²) in [5, 5.41) is 11.0. The van der Waals surface area contributed by atoms with Crippen molar-refractivity contribution < 1.29 is 14.6 Å². The van der Waals surface area contributed by atoms with Crippen molar-refractivity contribution in [2.75, 3.05) is 27.2 Å². The summed E-state index contributed by atoms with van der Waals surface area (Å²) in [5.41, 5.74) is 2.09. The number of likely N-dealkylation sites (N-methyl/N-ethyl adjacent to an activating group) is 1. The Morgan fingerprint density at radius 2 is 1.63 bits per heavy atom. The summed E-state index contributed by atoms with van der Waals surface area (Å²) >= 11 is 0. The van der Waals surface area contributed by atoms with Gasteiger partial charge in [-0.1, -0.05) is 60.1 Å². The van der Waals surface area contributed by atoms with Crippen LogP contribution in [0.4, 0.5) is 0 Å². The molecule has 216 valence electrons. The van der Waals surface area contributed by atoms with Crippen LogP contribution < -0.4 is 0 Å². The standard InChI is InChI=1S/C34H57NO3/c1-29(2)16-18-34(28(37)38-21-20-35(8)9)19-17-32(6)23(24(34)22-29)10-11-26-31(5)14-13-27(36)30(3,4)25(31)12-15-33(26,32)7/h10,24-27,36H,11-22H2,1-9H3/t24-,25-,26-,27+,31+,32-,33-,34-/m0/s1. The minimum Gasteiger partial charge on any atom is -0.464 e. The minimum absolute atomic E-state index is 0.0232. The van der Waals surface area contributed by atoms with Crippen LogP contribution in [-0.2, 0) is 9.53 Å². The second kappa shape index (κ2) is 9.07. The molecule has 5 aliphatic rings. The number of rotatable bonds is 4. The fraction of sp³-hybridized carbons (Fsp3) is 0.912. The molecule has 0 aromatic carbocycles. The molecular weight excluding hydrogens is 470 g/mol. The molecule has 0 saturated heterocycles. The van der Waals surface area contributed by atoms with Gasteiger partial charge in [0.25, 0.3) is 0 Å². The van der Waals surface area contributed by atoms with E-state index in [0.717, 1.165) is 57.9 Å². The van der Waals surface area contributed by atoms with Gasteiger partial charge in [0.2, 0.25) is 0 Å². The second-order valence-corrected chi connectivity index (χ2v) is 16.7. The van der Waals surface area contributed by atoms with Gasteiger partial charge >= 0.3 is 5.97 Å². The number of carbonyl (C=O) groups is 1. The molecule has 0 aliphatic heterocycles. The van der Waals surface area contributed by atoms with Crippen molar-refractivity contribution in [3.8, 4) is 0 Å². The van der Waals surface area contributed by atoms with Crippen molar-refractivity contribution in [3.63, 3.8) is 0 Å². The number of aliphatic hydroxyl groups excluding tert-OH is 1. The largest absolute Gasteiger partial charge is 0.464 e. The zero-order valence-electron chi connectivity index (χ0n) is 26.1. The van der Waals surface area contributed by atoms with Crippen LogP contribution in [0.15, 0.2) is 11.6 Å². The molecule has 0 heterocycles. The Kier molecular flexibility index (Phi) is 6.84. The molecule has 0 bridgehead atoms. The average molecular weight is 528 g/mol. The Balaban J connectivity index is 1.53. The Morgan fingerprint density at radius 1 is 0.947 bits per heavy atom. The second-order valence-electron chi connectivity index (χ2n) is 16.7. The highest BCUT2D eigenvalue weighted by atomic mass is 16.5. The third kappa shape index (κ3) is 3.92. The van der Waals surface area contributed by atoms with Crippen molar-refractivity contribution in [2.45, 2.75) is 119 Å². The van der Waals surface area contributed by atoms with Crippen molar-refractivity contribution in [1.29, 1.82) is 0 Å². The van der Waals surface area contributed by atoms with Crippen LogP contribution in [0.3, 0.4) is 0 Å². The Morgan fingerprint density at radius 3 is 2.32 bits per heavy atom. The highest BCUT2D eigenvalue weighted by Gasteiger charge is 2.69. The topological polar surface area (TPSA) is 49.8 Å². The number of hydrogen-bond acceptors (Lipinski definition) is 4. The number of carbonyl (C=O) groups excluding carboxylic acids is 1. The maximum absolute atomic E-state index is 13.9. The molecule has 0 amide bonds. The van der Waals surface area contributed by atoms with E-state index >= 15 is 0 Å². The molecule has 0 spiro atoms. The van der Waals surface area contributed by atoms with Crippen molar-refractivity contribution in [2.24, 2.45) is 50.2 Å². The summed E-state index contributed by atoms with van der Waals surface area (Å²) in [6.07, 6.45) is 13.3. The maximum atomic E-state index is 13.9. The summed E-state index contributed by atoms with van der Waals surface area (Å²) < 4.78 is 6.05. The first kappa shape index (κ1) is 28.7. The van der Waals surface area contributed by atoms with Gasteiger partial charge < -0.3 is 14.7 Å². The van der Waals surface area contributed by atoms with E-state index in [1.807, 2.05) is 14.1 Å². The molecule has 0 radical (unpaired) electrons. The fourth-order valence-corrected chi connectivity index (χ4v) is 11.1. The number of hydrogen-bond donors (Lipinski definition) is 1. The molecule has 4 nitrogen and oxygen atoms in total. The number of aliphatic hydroxyl groups is 1. The van der Waals surface area contributed by atoms with Gasteiger partial charge in [0.15, 0.2) is 0 Å². The molecule has 1 N–H and O–H groups in total. The predicted molar refractivity (Wildman–Crippen MR) is 155 cm³/mol. The quantitative estimate of drug-likeness (QED) is 0.309. The van der Waals surface area contributed by atoms with E-state index in [0.29, 0.717) is 24.4 Å². The smallest absolute Gasteiger partial charge is 0.312 e. The Hall–Kier alpha value is -0.870. The number of nitrogens with zero attached hydrogens (tertiary/aromatic N) is 1. The van der Waals surface area contributed by atoms with Gasteiger partial charge in [0, 0.05) is 6.54 Å². The average Bonchev–Trinajstić information content (AvgIpc) is 2.81. The van der Waals surface area contributed by atoms with E-state index in [1.165, 1.54) is 12.8 Å². The van der Waals surface area contributed by atoms with E-state index in [4.69, 9.17) is 4.74 Å². The number of ether oxygens (including phenoxy) is 1. The monoisotopic (exact) mass is 527 g/mol. The van der Waals surface area contributed by atoms with Crippen molar-refractivity contribution >= 4 is 5.97 Å². The molecule has 4 saturated carbocycles.